The van der Waals surface area contributed by atoms with Crippen LogP contribution in [0.5, 0.6) is 0 Å². The zero-order valence-corrected chi connectivity index (χ0v) is 12.6. The van der Waals surface area contributed by atoms with Gasteiger partial charge >= 0.3 is 0 Å². The number of halogens is 2. The molecule has 1 saturated carbocycles. The highest BCUT2D eigenvalue weighted by molar-refractivity contribution is 5.95. The standard InChI is InChI=1S/C16H19F2N3O2/c17-10-6-5-9(7-11(10)18)19-15(22)8-14-16(23)21-13-4-2-1-3-12(13)20-14/h5-7,12-14,20H,1-4,8H2,(H,19,22)(H,21,23). The minimum absolute atomic E-state index is 0.0476. The van der Waals surface area contributed by atoms with Gasteiger partial charge < -0.3 is 16.0 Å². The molecule has 2 aliphatic rings. The number of benzene rings is 1. The van der Waals surface area contributed by atoms with Gasteiger partial charge in [-0.05, 0) is 25.0 Å². The molecular formula is C16H19F2N3O2. The first-order chi connectivity index (χ1) is 11.0. The van der Waals surface area contributed by atoms with Gasteiger partial charge in [-0.15, -0.1) is 0 Å². The molecule has 7 heteroatoms. The lowest BCUT2D eigenvalue weighted by molar-refractivity contribution is -0.129. The third-order valence-corrected chi connectivity index (χ3v) is 4.42. The van der Waals surface area contributed by atoms with Crippen molar-refractivity contribution in [3.8, 4) is 0 Å². The molecule has 23 heavy (non-hydrogen) atoms. The summed E-state index contributed by atoms with van der Waals surface area (Å²) in [4.78, 5) is 24.1. The summed E-state index contributed by atoms with van der Waals surface area (Å²) in [5, 5.41) is 8.68. The van der Waals surface area contributed by atoms with E-state index in [2.05, 4.69) is 16.0 Å². The van der Waals surface area contributed by atoms with Gasteiger partial charge in [-0.2, -0.15) is 0 Å². The molecule has 1 aromatic carbocycles. The predicted molar refractivity (Wildman–Crippen MR) is 80.7 cm³/mol. The molecule has 3 rings (SSSR count). The molecule has 3 N–H and O–H groups in total. The Labute approximate surface area is 132 Å². The minimum atomic E-state index is -1.03. The number of anilines is 1. The van der Waals surface area contributed by atoms with Crippen molar-refractivity contribution >= 4 is 17.5 Å². The van der Waals surface area contributed by atoms with E-state index in [4.69, 9.17) is 0 Å². The molecule has 3 atom stereocenters. The van der Waals surface area contributed by atoms with E-state index in [1.165, 1.54) is 6.07 Å². The second kappa shape index (κ2) is 6.62. The summed E-state index contributed by atoms with van der Waals surface area (Å²) >= 11 is 0. The number of hydrogen-bond acceptors (Lipinski definition) is 3. The molecule has 0 spiro atoms. The highest BCUT2D eigenvalue weighted by Crippen LogP contribution is 2.22. The lowest BCUT2D eigenvalue weighted by Gasteiger charge is -2.40. The van der Waals surface area contributed by atoms with Gasteiger partial charge in [-0.25, -0.2) is 8.78 Å². The van der Waals surface area contributed by atoms with E-state index in [0.717, 1.165) is 37.8 Å². The molecule has 0 bridgehead atoms. The van der Waals surface area contributed by atoms with Crippen LogP contribution in [0.15, 0.2) is 18.2 Å². The van der Waals surface area contributed by atoms with Crippen LogP contribution in [0.25, 0.3) is 0 Å². The number of piperazine rings is 1. The maximum atomic E-state index is 13.1. The topological polar surface area (TPSA) is 70.2 Å². The molecule has 1 aliphatic carbocycles. The van der Waals surface area contributed by atoms with Crippen molar-refractivity contribution in [1.29, 1.82) is 0 Å². The van der Waals surface area contributed by atoms with E-state index in [0.29, 0.717) is 0 Å². The number of carbonyl (C=O) groups is 2. The van der Waals surface area contributed by atoms with Crippen LogP contribution in [-0.4, -0.2) is 29.9 Å². The maximum Gasteiger partial charge on any atom is 0.237 e. The highest BCUT2D eigenvalue weighted by atomic mass is 19.2. The average molecular weight is 323 g/mol. The van der Waals surface area contributed by atoms with Gasteiger partial charge in [0, 0.05) is 23.8 Å². The smallest absolute Gasteiger partial charge is 0.237 e. The Kier molecular flexibility index (Phi) is 4.56. The van der Waals surface area contributed by atoms with Gasteiger partial charge in [-0.3, -0.25) is 9.59 Å². The van der Waals surface area contributed by atoms with Crippen LogP contribution in [0.2, 0.25) is 0 Å². The first kappa shape index (κ1) is 15.9. The number of carbonyl (C=O) groups excluding carboxylic acids is 2. The summed E-state index contributed by atoms with van der Waals surface area (Å²) < 4.78 is 26.0. The molecule has 124 valence electrons. The van der Waals surface area contributed by atoms with Crippen LogP contribution < -0.4 is 16.0 Å². The van der Waals surface area contributed by atoms with Crippen LogP contribution in [0.1, 0.15) is 32.1 Å². The zero-order valence-electron chi connectivity index (χ0n) is 12.6. The number of fused-ring (bicyclic) bond motifs is 1. The predicted octanol–water partition coefficient (Wildman–Crippen LogP) is 1.69. The van der Waals surface area contributed by atoms with Gasteiger partial charge in [-0.1, -0.05) is 12.8 Å². The molecule has 0 aromatic heterocycles. The Balaban J connectivity index is 1.58. The van der Waals surface area contributed by atoms with Gasteiger partial charge in [0.25, 0.3) is 0 Å². The summed E-state index contributed by atoms with van der Waals surface area (Å²) in [6.07, 6.45) is 4.10. The van der Waals surface area contributed by atoms with E-state index in [1.54, 1.807) is 0 Å². The molecule has 5 nitrogen and oxygen atoms in total. The van der Waals surface area contributed by atoms with E-state index in [1.807, 2.05) is 0 Å². The fraction of sp³-hybridized carbons (Fsp3) is 0.500. The summed E-state index contributed by atoms with van der Waals surface area (Å²) in [7, 11) is 0. The normalized spacial score (nSPS) is 27.0. The Morgan fingerprint density at radius 2 is 1.91 bits per heavy atom. The summed E-state index contributed by atoms with van der Waals surface area (Å²) in [5.41, 5.74) is 0.167. The largest absolute Gasteiger partial charge is 0.350 e. The van der Waals surface area contributed by atoms with Crippen molar-refractivity contribution in [3.63, 3.8) is 0 Å². The van der Waals surface area contributed by atoms with Crippen molar-refractivity contribution in [2.24, 2.45) is 0 Å². The van der Waals surface area contributed by atoms with E-state index >= 15 is 0 Å². The lowest BCUT2D eigenvalue weighted by Crippen LogP contribution is -2.65. The van der Waals surface area contributed by atoms with Crippen LogP contribution in [0.3, 0.4) is 0 Å². The Morgan fingerprint density at radius 3 is 2.65 bits per heavy atom. The van der Waals surface area contributed by atoms with Crippen molar-refractivity contribution in [1.82, 2.24) is 10.6 Å². The van der Waals surface area contributed by atoms with Crippen LogP contribution in [0.4, 0.5) is 14.5 Å². The molecule has 1 aromatic rings. The van der Waals surface area contributed by atoms with Gasteiger partial charge in [0.15, 0.2) is 11.6 Å². The number of nitrogens with one attached hydrogen (secondary N) is 3. The van der Waals surface area contributed by atoms with Gasteiger partial charge in [0.05, 0.1) is 12.5 Å². The first-order valence-corrected chi connectivity index (χ1v) is 7.84. The van der Waals surface area contributed by atoms with E-state index in [9.17, 15) is 18.4 Å². The number of rotatable bonds is 3. The Bertz CT molecular complexity index is 623. The minimum Gasteiger partial charge on any atom is -0.350 e. The second-order valence-electron chi connectivity index (χ2n) is 6.11. The van der Waals surface area contributed by atoms with Gasteiger partial charge in [0.1, 0.15) is 0 Å². The molecule has 1 heterocycles. The van der Waals surface area contributed by atoms with Crippen molar-refractivity contribution < 1.29 is 18.4 Å². The third-order valence-electron chi connectivity index (χ3n) is 4.42. The molecule has 1 aliphatic heterocycles. The van der Waals surface area contributed by atoms with Crippen LogP contribution in [-0.2, 0) is 9.59 Å². The number of amides is 2. The van der Waals surface area contributed by atoms with Crippen molar-refractivity contribution in [2.45, 2.75) is 50.2 Å². The van der Waals surface area contributed by atoms with Crippen molar-refractivity contribution in [3.05, 3.63) is 29.8 Å². The molecule has 3 unspecified atom stereocenters. The quantitative estimate of drug-likeness (QED) is 0.793. The molecule has 2 fully saturated rings. The van der Waals surface area contributed by atoms with E-state index in [-0.39, 0.29) is 30.1 Å². The summed E-state index contributed by atoms with van der Waals surface area (Å²) in [6.45, 7) is 0. The van der Waals surface area contributed by atoms with Crippen molar-refractivity contribution in [2.75, 3.05) is 5.32 Å². The van der Waals surface area contributed by atoms with Crippen LogP contribution >= 0.6 is 0 Å². The van der Waals surface area contributed by atoms with E-state index < -0.39 is 23.6 Å². The maximum absolute atomic E-state index is 13.1. The molecule has 1 saturated heterocycles. The average Bonchev–Trinajstić information content (AvgIpc) is 2.51. The summed E-state index contributed by atoms with van der Waals surface area (Å²) in [5.74, 6) is -2.60. The Morgan fingerprint density at radius 1 is 1.17 bits per heavy atom. The zero-order chi connectivity index (χ0) is 16.4. The third kappa shape index (κ3) is 3.67. The van der Waals surface area contributed by atoms with Crippen LogP contribution in [0, 0.1) is 11.6 Å². The first-order valence-electron chi connectivity index (χ1n) is 7.84. The molecular weight excluding hydrogens is 304 g/mol. The lowest BCUT2D eigenvalue weighted by atomic mass is 9.87. The fourth-order valence-corrected chi connectivity index (χ4v) is 3.24. The molecule has 2 amide bonds. The molecule has 0 radical (unpaired) electrons. The fourth-order valence-electron chi connectivity index (χ4n) is 3.24. The number of hydrogen-bond donors (Lipinski definition) is 3. The Hall–Kier alpha value is -2.02. The second-order valence-corrected chi connectivity index (χ2v) is 6.11. The highest BCUT2D eigenvalue weighted by Gasteiger charge is 2.36. The van der Waals surface area contributed by atoms with Gasteiger partial charge in [0.2, 0.25) is 11.8 Å². The summed E-state index contributed by atoms with van der Waals surface area (Å²) in [6, 6.07) is 2.88. The monoisotopic (exact) mass is 323 g/mol. The SMILES string of the molecule is O=C(CC1NC2CCCCC2NC1=O)Nc1ccc(F)c(F)c1.